The Bertz CT molecular complexity index is 445. The van der Waals surface area contributed by atoms with E-state index in [1.54, 1.807) is 0 Å². The van der Waals surface area contributed by atoms with Crippen molar-refractivity contribution in [2.24, 2.45) is 0 Å². The van der Waals surface area contributed by atoms with Crippen molar-refractivity contribution in [3.05, 3.63) is 29.8 Å². The van der Waals surface area contributed by atoms with Crippen LogP contribution in [0.15, 0.2) is 24.3 Å². The number of benzene rings is 1. The first-order chi connectivity index (χ1) is 8.61. The van der Waals surface area contributed by atoms with Gasteiger partial charge in [0.05, 0.1) is 11.6 Å². The van der Waals surface area contributed by atoms with Crippen LogP contribution < -0.4 is 10.2 Å². The summed E-state index contributed by atoms with van der Waals surface area (Å²) in [6, 6.07) is 10.1. The van der Waals surface area contributed by atoms with Gasteiger partial charge in [-0.05, 0) is 51.4 Å². The third kappa shape index (κ3) is 3.24. The summed E-state index contributed by atoms with van der Waals surface area (Å²) in [5.74, 6) is 0. The number of nitrogens with one attached hydrogen (secondary N) is 1. The number of nitrogens with zero attached hydrogens (tertiary/aromatic N) is 2. The smallest absolute Gasteiger partial charge is 0.0992 e. The van der Waals surface area contributed by atoms with Gasteiger partial charge in [-0.1, -0.05) is 6.07 Å². The van der Waals surface area contributed by atoms with E-state index in [9.17, 15) is 0 Å². The van der Waals surface area contributed by atoms with E-state index in [1.807, 2.05) is 18.2 Å². The Morgan fingerprint density at radius 1 is 1.33 bits per heavy atom. The average molecular weight is 243 g/mol. The van der Waals surface area contributed by atoms with Crippen molar-refractivity contribution in [3.8, 4) is 6.07 Å². The van der Waals surface area contributed by atoms with Gasteiger partial charge in [-0.15, -0.1) is 0 Å². The van der Waals surface area contributed by atoms with Crippen molar-refractivity contribution in [3.63, 3.8) is 0 Å². The molecule has 0 aliphatic carbocycles. The molecule has 0 atom stereocenters. The molecule has 1 saturated heterocycles. The highest BCUT2D eigenvalue weighted by molar-refractivity contribution is 5.51. The predicted octanol–water partition coefficient (Wildman–Crippen LogP) is 2.53. The van der Waals surface area contributed by atoms with Crippen LogP contribution >= 0.6 is 0 Å². The molecular weight excluding hydrogens is 222 g/mol. The van der Waals surface area contributed by atoms with Gasteiger partial charge in [0.2, 0.25) is 0 Å². The van der Waals surface area contributed by atoms with Crippen molar-refractivity contribution in [1.82, 2.24) is 5.32 Å². The molecule has 3 nitrogen and oxygen atoms in total. The zero-order chi connectivity index (χ0) is 13.0. The number of anilines is 1. The number of rotatable bonds is 1. The molecule has 96 valence electrons. The van der Waals surface area contributed by atoms with E-state index < -0.39 is 0 Å². The molecule has 1 N–H and O–H groups in total. The van der Waals surface area contributed by atoms with E-state index in [-0.39, 0.29) is 5.54 Å². The minimum Gasteiger partial charge on any atom is -0.370 e. The Hall–Kier alpha value is -1.53. The maximum Gasteiger partial charge on any atom is 0.0992 e. The maximum absolute atomic E-state index is 8.98. The molecule has 0 spiro atoms. The van der Waals surface area contributed by atoms with Gasteiger partial charge in [0.15, 0.2) is 0 Å². The summed E-state index contributed by atoms with van der Waals surface area (Å²) in [7, 11) is 0. The molecule has 0 bridgehead atoms. The van der Waals surface area contributed by atoms with Crippen LogP contribution in [0.5, 0.6) is 0 Å². The first kappa shape index (κ1) is 12.9. The Morgan fingerprint density at radius 3 is 2.94 bits per heavy atom. The summed E-state index contributed by atoms with van der Waals surface area (Å²) in [5, 5.41) is 12.6. The molecule has 1 aromatic carbocycles. The van der Waals surface area contributed by atoms with Crippen molar-refractivity contribution < 1.29 is 0 Å². The van der Waals surface area contributed by atoms with Crippen molar-refractivity contribution >= 4 is 5.69 Å². The van der Waals surface area contributed by atoms with Crippen LogP contribution in [0.2, 0.25) is 0 Å². The molecule has 0 unspecified atom stereocenters. The first-order valence-corrected chi connectivity index (χ1v) is 6.61. The molecule has 1 heterocycles. The van der Waals surface area contributed by atoms with E-state index in [0.29, 0.717) is 0 Å². The lowest BCUT2D eigenvalue weighted by Crippen LogP contribution is -2.51. The van der Waals surface area contributed by atoms with Gasteiger partial charge in [-0.25, -0.2) is 0 Å². The molecule has 18 heavy (non-hydrogen) atoms. The Balaban J connectivity index is 2.21. The van der Waals surface area contributed by atoms with E-state index >= 15 is 0 Å². The van der Waals surface area contributed by atoms with Gasteiger partial charge in [-0.3, -0.25) is 0 Å². The van der Waals surface area contributed by atoms with Gasteiger partial charge in [0.25, 0.3) is 0 Å². The van der Waals surface area contributed by atoms with Crippen LogP contribution in [-0.2, 0) is 0 Å². The summed E-state index contributed by atoms with van der Waals surface area (Å²) >= 11 is 0. The normalized spacial score (nSPS) is 19.7. The monoisotopic (exact) mass is 243 g/mol. The second kappa shape index (κ2) is 5.41. The molecule has 1 aliphatic heterocycles. The molecule has 1 fully saturated rings. The summed E-state index contributed by atoms with van der Waals surface area (Å²) in [6.45, 7) is 7.61. The summed E-state index contributed by atoms with van der Waals surface area (Å²) < 4.78 is 0. The Labute approximate surface area is 109 Å². The highest BCUT2D eigenvalue weighted by atomic mass is 15.2. The fraction of sp³-hybridized carbons (Fsp3) is 0.533. The fourth-order valence-electron chi connectivity index (χ4n) is 2.46. The molecule has 0 amide bonds. The van der Waals surface area contributed by atoms with Gasteiger partial charge >= 0.3 is 0 Å². The zero-order valence-electron chi connectivity index (χ0n) is 11.2. The molecule has 1 aliphatic rings. The number of hydrogen-bond acceptors (Lipinski definition) is 3. The quantitative estimate of drug-likeness (QED) is 0.824. The molecule has 0 radical (unpaired) electrons. The molecule has 2 rings (SSSR count). The lowest BCUT2D eigenvalue weighted by molar-refractivity contribution is 0.364. The van der Waals surface area contributed by atoms with E-state index in [4.69, 9.17) is 5.26 Å². The fourth-order valence-corrected chi connectivity index (χ4v) is 2.46. The third-order valence-electron chi connectivity index (χ3n) is 3.38. The second-order valence-corrected chi connectivity index (χ2v) is 5.60. The average Bonchev–Trinajstić information content (AvgIpc) is 2.34. The van der Waals surface area contributed by atoms with Crippen molar-refractivity contribution in [1.29, 1.82) is 5.26 Å². The van der Waals surface area contributed by atoms with Crippen LogP contribution in [-0.4, -0.2) is 25.2 Å². The minimum absolute atomic E-state index is 0.114. The molecule has 0 aromatic heterocycles. The van der Waals surface area contributed by atoms with Gasteiger partial charge in [-0.2, -0.15) is 5.26 Å². The molecule has 3 heteroatoms. The van der Waals surface area contributed by atoms with E-state index in [2.05, 4.69) is 36.2 Å². The Kier molecular flexibility index (Phi) is 3.88. The van der Waals surface area contributed by atoms with Crippen LogP contribution in [0.1, 0.15) is 32.3 Å². The lowest BCUT2D eigenvalue weighted by atomic mass is 10.0. The standard InChI is InChI=1S/C15H21N3/c1-15(2)12-18(9-4-3-8-17-15)14-7-5-6-13(10-14)11-16/h5-7,10,17H,3-4,8-9,12H2,1-2H3. The second-order valence-electron chi connectivity index (χ2n) is 5.60. The van der Waals surface area contributed by atoms with Gasteiger partial charge in [0.1, 0.15) is 0 Å². The van der Waals surface area contributed by atoms with Crippen LogP contribution in [0.4, 0.5) is 5.69 Å². The molecular formula is C15H21N3. The third-order valence-corrected chi connectivity index (χ3v) is 3.38. The molecule has 1 aromatic rings. The number of nitriles is 1. The first-order valence-electron chi connectivity index (χ1n) is 6.61. The van der Waals surface area contributed by atoms with Crippen molar-refractivity contribution in [2.45, 2.75) is 32.2 Å². The highest BCUT2D eigenvalue weighted by Gasteiger charge is 2.23. The lowest BCUT2D eigenvalue weighted by Gasteiger charge is -2.37. The maximum atomic E-state index is 8.98. The van der Waals surface area contributed by atoms with Crippen LogP contribution in [0.3, 0.4) is 0 Å². The summed E-state index contributed by atoms with van der Waals surface area (Å²) in [5.41, 5.74) is 2.01. The van der Waals surface area contributed by atoms with Gasteiger partial charge < -0.3 is 10.2 Å². The predicted molar refractivity (Wildman–Crippen MR) is 74.7 cm³/mol. The minimum atomic E-state index is 0.114. The van der Waals surface area contributed by atoms with Crippen LogP contribution in [0, 0.1) is 11.3 Å². The van der Waals surface area contributed by atoms with Gasteiger partial charge in [0, 0.05) is 24.3 Å². The SMILES string of the molecule is CC1(C)CN(c2cccc(C#N)c2)CCCCN1. The highest BCUT2D eigenvalue weighted by Crippen LogP contribution is 2.20. The number of hydrogen-bond donors (Lipinski definition) is 1. The van der Waals surface area contributed by atoms with Crippen molar-refractivity contribution in [2.75, 3.05) is 24.5 Å². The largest absolute Gasteiger partial charge is 0.370 e. The van der Waals surface area contributed by atoms with E-state index in [0.717, 1.165) is 30.9 Å². The Morgan fingerprint density at radius 2 is 2.17 bits per heavy atom. The molecule has 0 saturated carbocycles. The van der Waals surface area contributed by atoms with Crippen LogP contribution in [0.25, 0.3) is 0 Å². The summed E-state index contributed by atoms with van der Waals surface area (Å²) in [6.07, 6.45) is 2.40. The summed E-state index contributed by atoms with van der Waals surface area (Å²) in [4.78, 5) is 2.38. The zero-order valence-corrected chi connectivity index (χ0v) is 11.2. The topological polar surface area (TPSA) is 39.1 Å². The van der Waals surface area contributed by atoms with E-state index in [1.165, 1.54) is 12.8 Å².